The second-order valence-corrected chi connectivity index (χ2v) is 7.99. The zero-order valence-electron chi connectivity index (χ0n) is 12.4. The number of carbonyl (C=O) groups excluding carboxylic acids is 1. The number of sulfone groups is 1. The maximum atomic E-state index is 11.9. The van der Waals surface area contributed by atoms with Crippen LogP contribution in [0.5, 0.6) is 0 Å². The molecule has 1 saturated heterocycles. The van der Waals surface area contributed by atoms with E-state index in [1.807, 2.05) is 31.2 Å². The lowest BCUT2D eigenvalue weighted by atomic mass is 9.87. The van der Waals surface area contributed by atoms with Gasteiger partial charge in [-0.1, -0.05) is 36.4 Å². The molecular formula is C16H20O4S. The summed E-state index contributed by atoms with van der Waals surface area (Å²) in [5, 5.41) is 0. The first kappa shape index (κ1) is 15.8. The molecule has 0 spiro atoms. The molecule has 0 radical (unpaired) electrons. The molecule has 21 heavy (non-hydrogen) atoms. The maximum Gasteiger partial charge on any atom is 0.333 e. The second-order valence-electron chi connectivity index (χ2n) is 5.68. The Labute approximate surface area is 125 Å². The van der Waals surface area contributed by atoms with Gasteiger partial charge in [0.15, 0.2) is 9.84 Å². The number of benzene rings is 1. The number of carbonyl (C=O) groups is 1. The first-order chi connectivity index (χ1) is 9.74. The van der Waals surface area contributed by atoms with Crippen LogP contribution in [0.2, 0.25) is 0 Å². The summed E-state index contributed by atoms with van der Waals surface area (Å²) in [6.45, 7) is 7.16. The topological polar surface area (TPSA) is 60.4 Å². The van der Waals surface area contributed by atoms with Gasteiger partial charge in [-0.2, -0.15) is 0 Å². The fraction of sp³-hybridized carbons (Fsp3) is 0.438. The lowest BCUT2D eigenvalue weighted by molar-refractivity contribution is -0.157. The molecule has 0 aliphatic carbocycles. The first-order valence-electron chi connectivity index (χ1n) is 6.91. The summed E-state index contributed by atoms with van der Waals surface area (Å²) >= 11 is 0. The Balaban J connectivity index is 2.37. The van der Waals surface area contributed by atoms with Crippen LogP contribution in [0.15, 0.2) is 36.4 Å². The highest BCUT2D eigenvalue weighted by Crippen LogP contribution is 2.38. The van der Waals surface area contributed by atoms with Crippen LogP contribution in [0.25, 0.3) is 0 Å². The van der Waals surface area contributed by atoms with Gasteiger partial charge in [-0.3, -0.25) is 0 Å². The molecule has 0 bridgehead atoms. The molecular weight excluding hydrogens is 288 g/mol. The van der Waals surface area contributed by atoms with Gasteiger partial charge >= 0.3 is 5.97 Å². The van der Waals surface area contributed by atoms with Crippen molar-refractivity contribution in [3.8, 4) is 0 Å². The highest BCUT2D eigenvalue weighted by molar-refractivity contribution is 7.91. The minimum atomic E-state index is -3.04. The van der Waals surface area contributed by atoms with Crippen molar-refractivity contribution in [3.05, 3.63) is 47.5 Å². The van der Waals surface area contributed by atoms with Crippen LogP contribution in [0.4, 0.5) is 0 Å². The zero-order chi connectivity index (χ0) is 15.7. The normalized spacial score (nSPS) is 19.7. The highest BCUT2D eigenvalue weighted by atomic mass is 32.2. The van der Waals surface area contributed by atoms with Crippen LogP contribution < -0.4 is 0 Å². The largest absolute Gasteiger partial charge is 0.451 e. The summed E-state index contributed by atoms with van der Waals surface area (Å²) in [6.07, 6.45) is 0.578. The number of rotatable bonds is 3. The van der Waals surface area contributed by atoms with Gasteiger partial charge in [-0.05, 0) is 19.4 Å². The minimum absolute atomic E-state index is 0.0321. The molecule has 1 aliphatic rings. The molecule has 114 valence electrons. The van der Waals surface area contributed by atoms with E-state index in [9.17, 15) is 13.2 Å². The summed E-state index contributed by atoms with van der Waals surface area (Å²) in [6, 6.07) is 7.68. The fourth-order valence-electron chi connectivity index (χ4n) is 2.44. The van der Waals surface area contributed by atoms with Gasteiger partial charge in [0.05, 0.1) is 11.5 Å². The third-order valence-corrected chi connectivity index (χ3v) is 5.50. The lowest BCUT2D eigenvalue weighted by Crippen LogP contribution is -2.41. The van der Waals surface area contributed by atoms with E-state index >= 15 is 0 Å². The fourth-order valence-corrected chi connectivity index (χ4v) is 3.92. The van der Waals surface area contributed by atoms with E-state index in [0.29, 0.717) is 5.57 Å². The summed E-state index contributed by atoms with van der Waals surface area (Å²) in [5.41, 5.74) is 1.39. The second kappa shape index (κ2) is 5.64. The van der Waals surface area contributed by atoms with Gasteiger partial charge < -0.3 is 4.74 Å². The summed E-state index contributed by atoms with van der Waals surface area (Å²) < 4.78 is 29.0. The molecule has 0 saturated carbocycles. The van der Waals surface area contributed by atoms with Crippen LogP contribution in [0, 0.1) is 6.92 Å². The van der Waals surface area contributed by atoms with Crippen LogP contribution >= 0.6 is 0 Å². The van der Waals surface area contributed by atoms with Crippen LogP contribution in [0.3, 0.4) is 0 Å². The van der Waals surface area contributed by atoms with Gasteiger partial charge in [-0.15, -0.1) is 0 Å². The zero-order valence-corrected chi connectivity index (χ0v) is 13.2. The van der Waals surface area contributed by atoms with Crippen LogP contribution in [0.1, 0.15) is 30.9 Å². The number of aryl methyl sites for hydroxylation is 1. The van der Waals surface area contributed by atoms with Gasteiger partial charge in [0.1, 0.15) is 5.60 Å². The molecule has 1 heterocycles. The Kier molecular flexibility index (Phi) is 4.23. The molecule has 1 aliphatic heterocycles. The van der Waals surface area contributed by atoms with Crippen LogP contribution in [-0.4, -0.2) is 25.9 Å². The van der Waals surface area contributed by atoms with E-state index < -0.39 is 21.4 Å². The molecule has 0 aromatic heterocycles. The maximum absolute atomic E-state index is 11.9. The predicted octanol–water partition coefficient (Wildman–Crippen LogP) is 2.52. The van der Waals surface area contributed by atoms with Crippen molar-refractivity contribution in [1.82, 2.24) is 0 Å². The van der Waals surface area contributed by atoms with Gasteiger partial charge in [-0.25, -0.2) is 13.2 Å². The Hall–Kier alpha value is -1.62. The third-order valence-electron chi connectivity index (χ3n) is 3.85. The molecule has 0 unspecified atom stereocenters. The number of esters is 1. The molecule has 1 fully saturated rings. The third kappa shape index (κ3) is 3.53. The van der Waals surface area contributed by atoms with E-state index in [0.717, 1.165) is 11.1 Å². The minimum Gasteiger partial charge on any atom is -0.451 e. The van der Waals surface area contributed by atoms with E-state index in [2.05, 4.69) is 6.58 Å². The first-order valence-corrected chi connectivity index (χ1v) is 8.73. The van der Waals surface area contributed by atoms with Crippen molar-refractivity contribution < 1.29 is 17.9 Å². The van der Waals surface area contributed by atoms with Crippen LogP contribution in [-0.2, 0) is 25.0 Å². The molecule has 0 amide bonds. The summed E-state index contributed by atoms with van der Waals surface area (Å²) in [7, 11) is -3.04. The average Bonchev–Trinajstić information content (AvgIpc) is 2.42. The van der Waals surface area contributed by atoms with Gasteiger partial charge in [0, 0.05) is 18.4 Å². The summed E-state index contributed by atoms with van der Waals surface area (Å²) in [5.74, 6) is -0.413. The Morgan fingerprint density at radius 3 is 2.19 bits per heavy atom. The van der Waals surface area contributed by atoms with Crippen molar-refractivity contribution >= 4 is 15.8 Å². The molecule has 0 N–H and O–H groups in total. The molecule has 1 aromatic carbocycles. The number of hydrogen-bond acceptors (Lipinski definition) is 4. The van der Waals surface area contributed by atoms with Crippen molar-refractivity contribution in [2.45, 2.75) is 32.3 Å². The Bertz CT molecular complexity index is 642. The molecule has 4 nitrogen and oxygen atoms in total. The SMILES string of the molecule is C=C(C)C(=O)OC1(c2ccc(C)cc2)CCS(=O)(=O)CC1. The molecule has 0 atom stereocenters. The van der Waals surface area contributed by atoms with Crippen molar-refractivity contribution in [2.75, 3.05) is 11.5 Å². The van der Waals surface area contributed by atoms with Gasteiger partial charge in [0.25, 0.3) is 0 Å². The quantitative estimate of drug-likeness (QED) is 0.636. The molecule has 2 rings (SSSR count). The molecule has 5 heteroatoms. The Morgan fingerprint density at radius 2 is 1.71 bits per heavy atom. The van der Waals surface area contributed by atoms with E-state index in [1.54, 1.807) is 6.92 Å². The van der Waals surface area contributed by atoms with Crippen molar-refractivity contribution in [1.29, 1.82) is 0 Å². The van der Waals surface area contributed by atoms with Gasteiger partial charge in [0.2, 0.25) is 0 Å². The highest BCUT2D eigenvalue weighted by Gasteiger charge is 2.42. The smallest absolute Gasteiger partial charge is 0.333 e. The summed E-state index contributed by atoms with van der Waals surface area (Å²) in [4.78, 5) is 11.9. The average molecular weight is 308 g/mol. The molecule has 1 aromatic rings. The standard InChI is InChI=1S/C16H20O4S/c1-12(2)15(17)20-16(8-10-21(18,19)11-9-16)14-6-4-13(3)5-7-14/h4-7H,1,8-11H2,2-3H3. The number of ether oxygens (including phenoxy) is 1. The van der Waals surface area contributed by atoms with E-state index in [1.165, 1.54) is 0 Å². The Morgan fingerprint density at radius 1 is 1.19 bits per heavy atom. The van der Waals surface area contributed by atoms with E-state index in [4.69, 9.17) is 4.74 Å². The monoisotopic (exact) mass is 308 g/mol. The lowest BCUT2D eigenvalue weighted by Gasteiger charge is -2.37. The van der Waals surface area contributed by atoms with Crippen molar-refractivity contribution in [3.63, 3.8) is 0 Å². The predicted molar refractivity (Wildman–Crippen MR) is 81.7 cm³/mol. The number of hydrogen-bond donors (Lipinski definition) is 0. The van der Waals surface area contributed by atoms with Crippen molar-refractivity contribution in [2.24, 2.45) is 0 Å². The van der Waals surface area contributed by atoms with E-state index in [-0.39, 0.29) is 24.3 Å².